The van der Waals surface area contributed by atoms with Crippen LogP contribution in [0, 0.1) is 22.7 Å². The van der Waals surface area contributed by atoms with Crippen LogP contribution in [-0.4, -0.2) is 50.1 Å². The Labute approximate surface area is 193 Å². The molecule has 1 atom stereocenters. The van der Waals surface area contributed by atoms with Gasteiger partial charge in [0, 0.05) is 25.8 Å². The van der Waals surface area contributed by atoms with E-state index in [9.17, 15) is 18.0 Å². The van der Waals surface area contributed by atoms with Crippen LogP contribution in [-0.2, 0) is 11.0 Å². The van der Waals surface area contributed by atoms with Crippen LogP contribution < -0.4 is 10.2 Å². The molecule has 0 unspecified atom stereocenters. The van der Waals surface area contributed by atoms with Crippen LogP contribution in [0.5, 0.6) is 0 Å². The normalized spacial score (nSPS) is 24.1. The lowest BCUT2D eigenvalue weighted by atomic mass is 9.76. The molecule has 2 heterocycles. The molecule has 3 aliphatic rings. The summed E-state index contributed by atoms with van der Waals surface area (Å²) in [5.74, 6) is 0.611. The molecule has 4 rings (SSSR count). The lowest BCUT2D eigenvalue weighted by Gasteiger charge is -2.41. The summed E-state index contributed by atoms with van der Waals surface area (Å²) in [4.78, 5) is 17.1. The van der Waals surface area contributed by atoms with Crippen LogP contribution in [0.2, 0.25) is 0 Å². The molecule has 0 aromatic heterocycles. The topological polar surface area (TPSA) is 59.4 Å². The van der Waals surface area contributed by atoms with Crippen molar-refractivity contribution in [3.8, 4) is 6.07 Å². The van der Waals surface area contributed by atoms with Crippen molar-refractivity contribution < 1.29 is 18.0 Å². The first-order valence-electron chi connectivity index (χ1n) is 12.1. The minimum absolute atomic E-state index is 0.0768. The van der Waals surface area contributed by atoms with Gasteiger partial charge < -0.3 is 15.1 Å². The van der Waals surface area contributed by atoms with Crippen molar-refractivity contribution >= 4 is 11.6 Å². The predicted octanol–water partition coefficient (Wildman–Crippen LogP) is 4.56. The second-order valence-corrected chi connectivity index (χ2v) is 10.1. The average Bonchev–Trinajstić information content (AvgIpc) is 3.19. The molecular formula is C25H33F3N4O. The van der Waals surface area contributed by atoms with Gasteiger partial charge in [0.15, 0.2) is 0 Å². The van der Waals surface area contributed by atoms with Gasteiger partial charge in [-0.25, -0.2) is 0 Å². The summed E-state index contributed by atoms with van der Waals surface area (Å²) >= 11 is 0. The van der Waals surface area contributed by atoms with E-state index in [1.165, 1.54) is 38.2 Å². The van der Waals surface area contributed by atoms with Gasteiger partial charge in [-0.05, 0) is 74.7 Å². The Hall–Kier alpha value is -2.27. The molecule has 8 heteroatoms. The largest absolute Gasteiger partial charge is 0.417 e. The fourth-order valence-corrected chi connectivity index (χ4v) is 6.08. The second-order valence-electron chi connectivity index (χ2n) is 10.1. The van der Waals surface area contributed by atoms with E-state index >= 15 is 0 Å². The maximum Gasteiger partial charge on any atom is 0.417 e. The number of hydrogen-bond acceptors (Lipinski definition) is 4. The molecule has 1 amide bonds. The van der Waals surface area contributed by atoms with Gasteiger partial charge in [0.05, 0.1) is 17.2 Å². The quantitative estimate of drug-likeness (QED) is 0.713. The molecule has 5 nitrogen and oxygen atoms in total. The number of likely N-dealkylation sites (N-methyl/N-ethyl adjacent to an activating group) is 1. The highest BCUT2D eigenvalue weighted by Crippen LogP contribution is 2.46. The first kappa shape index (κ1) is 23.9. The Morgan fingerprint density at radius 3 is 2.52 bits per heavy atom. The first-order chi connectivity index (χ1) is 15.7. The van der Waals surface area contributed by atoms with E-state index < -0.39 is 23.3 Å². The number of nitrogens with one attached hydrogen (secondary N) is 1. The van der Waals surface area contributed by atoms with Crippen LogP contribution in [0.25, 0.3) is 0 Å². The fourth-order valence-electron chi connectivity index (χ4n) is 6.08. The molecule has 2 saturated heterocycles. The molecule has 1 N–H and O–H groups in total. The number of nitrogens with zero attached hydrogens (tertiary/aromatic N) is 3. The molecule has 0 bridgehead atoms. The molecule has 1 aliphatic carbocycles. The van der Waals surface area contributed by atoms with Crippen molar-refractivity contribution in [2.45, 2.75) is 63.6 Å². The van der Waals surface area contributed by atoms with E-state index in [1.807, 2.05) is 4.90 Å². The minimum atomic E-state index is -4.62. The summed E-state index contributed by atoms with van der Waals surface area (Å²) in [6.07, 6.45) is 4.56. The lowest BCUT2D eigenvalue weighted by Crippen LogP contribution is -2.43. The van der Waals surface area contributed by atoms with Crippen molar-refractivity contribution in [1.82, 2.24) is 10.2 Å². The predicted molar refractivity (Wildman–Crippen MR) is 121 cm³/mol. The van der Waals surface area contributed by atoms with Gasteiger partial charge >= 0.3 is 6.18 Å². The standard InChI is InChI=1S/C25H33F3N4O/c1-30-23(33)22-14-24(9-11-31(12-10-24)16-18-5-3-2-4-6-18)17-32(22)20-8-7-19(15-29)21(13-20)25(26,27)28/h7-8,13,18,22H,2-6,9-12,14,16-17H2,1H3,(H,30,33)/t22-/m0/s1. The third kappa shape index (κ3) is 5.13. The summed E-state index contributed by atoms with van der Waals surface area (Å²) in [5.41, 5.74) is -1.06. The zero-order valence-corrected chi connectivity index (χ0v) is 19.3. The van der Waals surface area contributed by atoms with Crippen LogP contribution in [0.3, 0.4) is 0 Å². The molecular weight excluding hydrogens is 429 g/mol. The highest BCUT2D eigenvalue weighted by molar-refractivity contribution is 5.86. The summed E-state index contributed by atoms with van der Waals surface area (Å²) in [5, 5.41) is 11.8. The molecule has 0 radical (unpaired) electrons. The molecule has 1 spiro atoms. The van der Waals surface area contributed by atoms with Gasteiger partial charge in [0.2, 0.25) is 5.91 Å². The lowest BCUT2D eigenvalue weighted by molar-refractivity contribution is -0.137. The van der Waals surface area contributed by atoms with Gasteiger partial charge in [-0.15, -0.1) is 0 Å². The Bertz CT molecular complexity index is 896. The van der Waals surface area contributed by atoms with Gasteiger partial charge in [0.1, 0.15) is 6.04 Å². The monoisotopic (exact) mass is 462 g/mol. The van der Waals surface area contributed by atoms with Crippen molar-refractivity contribution in [3.05, 3.63) is 29.3 Å². The number of nitriles is 1. The van der Waals surface area contributed by atoms with E-state index in [4.69, 9.17) is 5.26 Å². The Morgan fingerprint density at radius 1 is 1.21 bits per heavy atom. The van der Waals surface area contributed by atoms with Crippen LogP contribution in [0.15, 0.2) is 18.2 Å². The number of piperidine rings is 1. The van der Waals surface area contributed by atoms with Crippen molar-refractivity contribution in [2.24, 2.45) is 11.3 Å². The number of amides is 1. The number of alkyl halides is 3. The van der Waals surface area contributed by atoms with E-state index in [2.05, 4.69) is 10.2 Å². The summed E-state index contributed by atoms with van der Waals surface area (Å²) in [7, 11) is 1.57. The van der Waals surface area contributed by atoms with E-state index in [-0.39, 0.29) is 11.3 Å². The van der Waals surface area contributed by atoms with Crippen LogP contribution in [0.1, 0.15) is 62.5 Å². The van der Waals surface area contributed by atoms with Gasteiger partial charge in [-0.2, -0.15) is 18.4 Å². The second kappa shape index (κ2) is 9.54. The van der Waals surface area contributed by atoms with Crippen molar-refractivity contribution in [3.63, 3.8) is 0 Å². The smallest absolute Gasteiger partial charge is 0.359 e. The third-order valence-electron chi connectivity index (χ3n) is 7.98. The van der Waals surface area contributed by atoms with Gasteiger partial charge in [-0.3, -0.25) is 4.79 Å². The highest BCUT2D eigenvalue weighted by Gasteiger charge is 2.48. The Morgan fingerprint density at radius 2 is 1.91 bits per heavy atom. The molecule has 33 heavy (non-hydrogen) atoms. The number of halogens is 3. The summed E-state index contributed by atoms with van der Waals surface area (Å²) in [6.45, 7) is 3.66. The van der Waals surface area contributed by atoms with Crippen molar-refractivity contribution in [1.29, 1.82) is 5.26 Å². The van der Waals surface area contributed by atoms with E-state index in [0.717, 1.165) is 44.5 Å². The number of carbonyl (C=O) groups excluding carboxylic acids is 1. The van der Waals surface area contributed by atoms with Crippen LogP contribution in [0.4, 0.5) is 18.9 Å². The molecule has 1 aromatic carbocycles. The van der Waals surface area contributed by atoms with Gasteiger partial charge in [0.25, 0.3) is 0 Å². The Balaban J connectivity index is 1.51. The zero-order valence-electron chi connectivity index (χ0n) is 19.3. The molecule has 1 saturated carbocycles. The van der Waals surface area contributed by atoms with E-state index in [1.54, 1.807) is 19.2 Å². The maximum absolute atomic E-state index is 13.6. The number of hydrogen-bond donors (Lipinski definition) is 1. The number of anilines is 1. The number of likely N-dealkylation sites (tertiary alicyclic amines) is 1. The molecule has 2 aliphatic heterocycles. The number of benzene rings is 1. The molecule has 180 valence electrons. The molecule has 1 aromatic rings. The minimum Gasteiger partial charge on any atom is -0.359 e. The summed E-state index contributed by atoms with van der Waals surface area (Å²) < 4.78 is 40.7. The Kier molecular flexibility index (Phi) is 6.90. The zero-order chi connectivity index (χ0) is 23.6. The number of carbonyl (C=O) groups is 1. The van der Waals surface area contributed by atoms with Gasteiger partial charge in [-0.1, -0.05) is 19.3 Å². The SMILES string of the molecule is CNC(=O)[C@@H]1CC2(CCN(CC3CCCCC3)CC2)CN1c1ccc(C#N)c(C(F)(F)F)c1. The van der Waals surface area contributed by atoms with Crippen molar-refractivity contribution in [2.75, 3.05) is 38.1 Å². The molecule has 3 fully saturated rings. The maximum atomic E-state index is 13.6. The highest BCUT2D eigenvalue weighted by atomic mass is 19.4. The number of rotatable bonds is 4. The summed E-state index contributed by atoms with van der Waals surface area (Å²) in [6, 6.07) is 4.93. The fraction of sp³-hybridized carbons (Fsp3) is 0.680. The van der Waals surface area contributed by atoms with E-state index in [0.29, 0.717) is 18.7 Å². The average molecular weight is 463 g/mol. The van der Waals surface area contributed by atoms with Crippen LogP contribution >= 0.6 is 0 Å². The third-order valence-corrected chi connectivity index (χ3v) is 7.98. The first-order valence-corrected chi connectivity index (χ1v) is 12.1.